The molecule has 0 spiro atoms. The highest BCUT2D eigenvalue weighted by molar-refractivity contribution is 7.11. The third-order valence-corrected chi connectivity index (χ3v) is 4.48. The molecule has 1 aliphatic heterocycles. The van der Waals surface area contributed by atoms with Crippen LogP contribution in [0, 0.1) is 0 Å². The fourth-order valence-corrected chi connectivity index (χ4v) is 3.57. The Morgan fingerprint density at radius 2 is 2.11 bits per heavy atom. The summed E-state index contributed by atoms with van der Waals surface area (Å²) in [6.45, 7) is 3.39. The molecule has 0 aliphatic carbocycles. The van der Waals surface area contributed by atoms with Crippen molar-refractivity contribution in [2.24, 2.45) is 0 Å². The van der Waals surface area contributed by atoms with Crippen LogP contribution in [0.2, 0.25) is 0 Å². The maximum absolute atomic E-state index is 6.06. The normalized spacial score (nSPS) is 19.4. The molecule has 4 heteroatoms. The third-order valence-electron chi connectivity index (χ3n) is 3.58. The van der Waals surface area contributed by atoms with Gasteiger partial charge in [-0.05, 0) is 36.9 Å². The van der Waals surface area contributed by atoms with E-state index in [0.717, 1.165) is 17.7 Å². The van der Waals surface area contributed by atoms with Gasteiger partial charge in [0.1, 0.15) is 10.8 Å². The third kappa shape index (κ3) is 1.86. The molecule has 0 amide bonds. The van der Waals surface area contributed by atoms with Gasteiger partial charge >= 0.3 is 0 Å². The predicted octanol–water partition coefficient (Wildman–Crippen LogP) is 3.38. The standard InChI is InChI=1S/C14H17N3S/c1-10-6-5-9-17(10)14-12(13(15)16-18-14)11-7-3-2-4-8-11/h2-4,7-8,10H,5-6,9H2,1H3,(H2,15,16). The van der Waals surface area contributed by atoms with Crippen LogP contribution in [0.15, 0.2) is 30.3 Å². The smallest absolute Gasteiger partial charge is 0.147 e. The molecule has 1 aliphatic rings. The van der Waals surface area contributed by atoms with Crippen molar-refractivity contribution in [1.29, 1.82) is 0 Å². The van der Waals surface area contributed by atoms with Gasteiger partial charge < -0.3 is 10.6 Å². The number of nitrogens with zero attached hydrogens (tertiary/aromatic N) is 2. The van der Waals surface area contributed by atoms with E-state index in [-0.39, 0.29) is 0 Å². The Balaban J connectivity index is 2.07. The number of hydrogen-bond acceptors (Lipinski definition) is 4. The average molecular weight is 259 g/mol. The van der Waals surface area contributed by atoms with Crippen molar-refractivity contribution in [3.8, 4) is 11.1 Å². The van der Waals surface area contributed by atoms with Crippen LogP contribution < -0.4 is 10.6 Å². The molecular formula is C14H17N3S. The van der Waals surface area contributed by atoms with Gasteiger partial charge in [-0.3, -0.25) is 0 Å². The second-order valence-corrected chi connectivity index (χ2v) is 5.55. The second kappa shape index (κ2) is 4.61. The molecule has 94 valence electrons. The first-order valence-electron chi connectivity index (χ1n) is 6.34. The first-order valence-corrected chi connectivity index (χ1v) is 7.12. The van der Waals surface area contributed by atoms with Crippen LogP contribution in [0.5, 0.6) is 0 Å². The lowest BCUT2D eigenvalue weighted by molar-refractivity contribution is 0.739. The molecule has 1 aromatic carbocycles. The van der Waals surface area contributed by atoms with Gasteiger partial charge in [-0.1, -0.05) is 30.3 Å². The molecule has 1 unspecified atom stereocenters. The molecule has 0 radical (unpaired) electrons. The van der Waals surface area contributed by atoms with Crippen LogP contribution in [-0.4, -0.2) is 17.0 Å². The van der Waals surface area contributed by atoms with Gasteiger partial charge in [0, 0.05) is 12.6 Å². The van der Waals surface area contributed by atoms with Gasteiger partial charge in [-0.15, -0.1) is 0 Å². The highest BCUT2D eigenvalue weighted by atomic mass is 32.1. The Labute approximate surface area is 111 Å². The molecular weight excluding hydrogens is 242 g/mol. The molecule has 1 atom stereocenters. The first-order chi connectivity index (χ1) is 8.77. The van der Waals surface area contributed by atoms with Crippen molar-refractivity contribution >= 4 is 22.4 Å². The van der Waals surface area contributed by atoms with Gasteiger partial charge in [0.05, 0.1) is 5.56 Å². The number of nitrogen functional groups attached to an aromatic ring is 1. The minimum absolute atomic E-state index is 0.590. The lowest BCUT2D eigenvalue weighted by Crippen LogP contribution is -2.25. The zero-order valence-corrected chi connectivity index (χ0v) is 11.3. The zero-order valence-electron chi connectivity index (χ0n) is 10.5. The number of benzene rings is 1. The highest BCUT2D eigenvalue weighted by Crippen LogP contribution is 2.41. The summed E-state index contributed by atoms with van der Waals surface area (Å²) in [5, 5.41) is 1.23. The number of hydrogen-bond donors (Lipinski definition) is 1. The molecule has 0 saturated carbocycles. The summed E-state index contributed by atoms with van der Waals surface area (Å²) in [5.41, 5.74) is 8.33. The Morgan fingerprint density at radius 1 is 1.33 bits per heavy atom. The largest absolute Gasteiger partial charge is 0.382 e. The van der Waals surface area contributed by atoms with Crippen molar-refractivity contribution in [2.75, 3.05) is 17.2 Å². The fraction of sp³-hybridized carbons (Fsp3) is 0.357. The molecule has 2 heterocycles. The topological polar surface area (TPSA) is 42.2 Å². The molecule has 3 nitrogen and oxygen atoms in total. The van der Waals surface area contributed by atoms with Crippen molar-refractivity contribution in [3.63, 3.8) is 0 Å². The second-order valence-electron chi connectivity index (χ2n) is 4.80. The van der Waals surface area contributed by atoms with Crippen LogP contribution in [0.25, 0.3) is 11.1 Å². The van der Waals surface area contributed by atoms with E-state index >= 15 is 0 Å². The monoisotopic (exact) mass is 259 g/mol. The predicted molar refractivity (Wildman–Crippen MR) is 78.0 cm³/mol. The summed E-state index contributed by atoms with van der Waals surface area (Å²) in [5.74, 6) is 0.653. The van der Waals surface area contributed by atoms with E-state index in [2.05, 4.69) is 28.3 Å². The first kappa shape index (κ1) is 11.5. The van der Waals surface area contributed by atoms with E-state index in [1.165, 1.54) is 29.4 Å². The van der Waals surface area contributed by atoms with Crippen LogP contribution in [0.3, 0.4) is 0 Å². The van der Waals surface area contributed by atoms with E-state index in [1.807, 2.05) is 18.2 Å². The molecule has 18 heavy (non-hydrogen) atoms. The molecule has 1 fully saturated rings. The SMILES string of the molecule is CC1CCCN1c1snc(N)c1-c1ccccc1. The molecule has 2 N–H and O–H groups in total. The number of anilines is 2. The van der Waals surface area contributed by atoms with E-state index in [0.29, 0.717) is 11.9 Å². The van der Waals surface area contributed by atoms with Gasteiger partial charge in [0.2, 0.25) is 0 Å². The minimum Gasteiger partial charge on any atom is -0.382 e. The van der Waals surface area contributed by atoms with Gasteiger partial charge in [0.25, 0.3) is 0 Å². The van der Waals surface area contributed by atoms with Crippen molar-refractivity contribution < 1.29 is 0 Å². The Morgan fingerprint density at radius 3 is 2.78 bits per heavy atom. The van der Waals surface area contributed by atoms with E-state index < -0.39 is 0 Å². The summed E-state index contributed by atoms with van der Waals surface area (Å²) >= 11 is 1.52. The zero-order chi connectivity index (χ0) is 12.5. The van der Waals surface area contributed by atoms with E-state index in [4.69, 9.17) is 5.73 Å². The van der Waals surface area contributed by atoms with Crippen molar-refractivity contribution in [1.82, 2.24) is 4.37 Å². The Hall–Kier alpha value is -1.55. The summed E-state index contributed by atoms with van der Waals surface area (Å²) < 4.78 is 4.35. The fourth-order valence-electron chi connectivity index (χ4n) is 2.60. The number of aromatic nitrogens is 1. The van der Waals surface area contributed by atoms with Crippen LogP contribution >= 0.6 is 11.5 Å². The molecule has 1 aromatic heterocycles. The molecule has 3 rings (SSSR count). The molecule has 2 aromatic rings. The van der Waals surface area contributed by atoms with Crippen molar-refractivity contribution in [3.05, 3.63) is 30.3 Å². The summed E-state index contributed by atoms with van der Waals surface area (Å²) in [7, 11) is 0. The summed E-state index contributed by atoms with van der Waals surface area (Å²) in [6.07, 6.45) is 2.51. The average Bonchev–Trinajstić information content (AvgIpc) is 2.96. The van der Waals surface area contributed by atoms with Crippen LogP contribution in [-0.2, 0) is 0 Å². The molecule has 1 saturated heterocycles. The van der Waals surface area contributed by atoms with Crippen LogP contribution in [0.4, 0.5) is 10.8 Å². The molecule has 0 bridgehead atoms. The highest BCUT2D eigenvalue weighted by Gasteiger charge is 2.26. The van der Waals surface area contributed by atoms with Crippen LogP contribution in [0.1, 0.15) is 19.8 Å². The van der Waals surface area contributed by atoms with Gasteiger partial charge in [-0.25, -0.2) is 0 Å². The number of nitrogens with two attached hydrogens (primary N) is 1. The quantitative estimate of drug-likeness (QED) is 0.899. The lowest BCUT2D eigenvalue weighted by atomic mass is 10.1. The summed E-state index contributed by atoms with van der Waals surface area (Å²) in [4.78, 5) is 2.44. The van der Waals surface area contributed by atoms with Gasteiger partial charge in [0.15, 0.2) is 0 Å². The Bertz CT molecular complexity index is 535. The minimum atomic E-state index is 0.590. The lowest BCUT2D eigenvalue weighted by Gasteiger charge is -2.22. The Kier molecular flexibility index (Phi) is 2.96. The van der Waals surface area contributed by atoms with E-state index in [1.54, 1.807) is 0 Å². The maximum Gasteiger partial charge on any atom is 0.147 e. The number of rotatable bonds is 2. The van der Waals surface area contributed by atoms with Crippen molar-refractivity contribution in [2.45, 2.75) is 25.8 Å². The van der Waals surface area contributed by atoms with Gasteiger partial charge in [-0.2, -0.15) is 4.37 Å². The summed E-state index contributed by atoms with van der Waals surface area (Å²) in [6, 6.07) is 10.9. The maximum atomic E-state index is 6.06. The van der Waals surface area contributed by atoms with E-state index in [9.17, 15) is 0 Å².